The molecule has 0 aliphatic heterocycles. The van der Waals surface area contributed by atoms with Gasteiger partial charge in [-0.25, -0.2) is 9.97 Å². The molecule has 0 bridgehead atoms. The van der Waals surface area contributed by atoms with Crippen LogP contribution in [0.25, 0.3) is 21.8 Å². The molecule has 4 heterocycles. The minimum absolute atomic E-state index is 0.138. The average Bonchev–Trinajstić information content (AvgIpc) is 3.66. The zero-order chi connectivity index (χ0) is 32.3. The van der Waals surface area contributed by atoms with Crippen LogP contribution in [0.4, 0.5) is 0 Å². The average molecular weight is 631 g/mol. The van der Waals surface area contributed by atoms with Gasteiger partial charge in [-0.15, -0.1) is 11.6 Å². The zero-order valence-corrected chi connectivity index (χ0v) is 25.8. The Morgan fingerprint density at radius 2 is 1.31 bits per heavy atom. The van der Waals surface area contributed by atoms with E-state index in [4.69, 9.17) is 30.9 Å². The predicted octanol–water partition coefficient (Wildman–Crippen LogP) is 5.29. The van der Waals surface area contributed by atoms with Gasteiger partial charge in [-0.3, -0.25) is 19.0 Å². The third-order valence-corrected chi connectivity index (χ3v) is 7.01. The quantitative estimate of drug-likeness (QED) is 0.174. The van der Waals surface area contributed by atoms with Gasteiger partial charge in [-0.2, -0.15) is 10.2 Å². The summed E-state index contributed by atoms with van der Waals surface area (Å²) in [6, 6.07) is 14.9. The fourth-order valence-electron chi connectivity index (χ4n) is 4.28. The highest BCUT2D eigenvalue weighted by molar-refractivity contribution is 6.18. The van der Waals surface area contributed by atoms with Crippen LogP contribution in [0.15, 0.2) is 73.3 Å². The Hall–Kier alpha value is -5.49. The first kappa shape index (κ1) is 32.4. The monoisotopic (exact) mass is 630 g/mol. The highest BCUT2D eigenvalue weighted by Gasteiger charge is 2.10. The Morgan fingerprint density at radius 3 is 1.87 bits per heavy atom. The van der Waals surface area contributed by atoms with Crippen molar-refractivity contribution in [3.05, 3.63) is 95.6 Å². The van der Waals surface area contributed by atoms with Crippen LogP contribution in [0.2, 0.25) is 0 Å². The molecule has 45 heavy (non-hydrogen) atoms. The van der Waals surface area contributed by atoms with Crippen molar-refractivity contribution < 1.29 is 28.9 Å². The molecule has 0 saturated carbocycles. The molecule has 6 aromatic rings. The molecule has 0 saturated heterocycles. The fourth-order valence-corrected chi connectivity index (χ4v) is 4.52. The second-order valence-electron chi connectivity index (χ2n) is 9.44. The summed E-state index contributed by atoms with van der Waals surface area (Å²) in [4.78, 5) is 29.1. The second kappa shape index (κ2) is 15.3. The van der Waals surface area contributed by atoms with Gasteiger partial charge in [0.25, 0.3) is 0 Å². The van der Waals surface area contributed by atoms with E-state index in [1.54, 1.807) is 12.3 Å². The Balaban J connectivity index is 0.000000169. The summed E-state index contributed by atoms with van der Waals surface area (Å²) in [7, 11) is 6.76. The first-order valence-corrected chi connectivity index (χ1v) is 14.0. The summed E-state index contributed by atoms with van der Waals surface area (Å²) in [6.07, 6.45) is 7.59. The molecule has 0 fully saturated rings. The van der Waals surface area contributed by atoms with Gasteiger partial charge < -0.3 is 19.3 Å². The second-order valence-corrected chi connectivity index (χ2v) is 9.71. The molecule has 0 aliphatic rings. The number of methoxy groups -OCH3 is 2. The number of carbonyl (C=O) groups excluding carboxylic acids is 2. The van der Waals surface area contributed by atoms with E-state index >= 15 is 0 Å². The van der Waals surface area contributed by atoms with Gasteiger partial charge in [0.05, 0.1) is 61.2 Å². The van der Waals surface area contributed by atoms with E-state index in [0.29, 0.717) is 41.8 Å². The highest BCUT2D eigenvalue weighted by atomic mass is 35.5. The maximum Gasteiger partial charge on any atom is 0.213 e. The number of nitrogens with zero attached hydrogens (tertiary/aromatic N) is 6. The molecule has 2 aromatic carbocycles. The van der Waals surface area contributed by atoms with E-state index in [9.17, 15) is 9.59 Å². The molecule has 13 heteroatoms. The van der Waals surface area contributed by atoms with Crippen molar-refractivity contribution in [2.24, 2.45) is 14.1 Å². The van der Waals surface area contributed by atoms with E-state index < -0.39 is 0 Å². The lowest BCUT2D eigenvalue weighted by Crippen LogP contribution is -2.00. The van der Waals surface area contributed by atoms with Crippen molar-refractivity contribution in [3.8, 4) is 23.3 Å². The van der Waals surface area contributed by atoms with E-state index in [-0.39, 0.29) is 11.3 Å². The van der Waals surface area contributed by atoms with Crippen LogP contribution in [-0.2, 0) is 26.6 Å². The molecular weight excluding hydrogens is 600 g/mol. The van der Waals surface area contributed by atoms with Crippen molar-refractivity contribution in [2.45, 2.75) is 12.5 Å². The summed E-state index contributed by atoms with van der Waals surface area (Å²) >= 11 is 5.78. The molecule has 1 N–H and O–H groups in total. The van der Waals surface area contributed by atoms with E-state index in [1.807, 2.05) is 66.1 Å². The Bertz CT molecular complexity index is 1920. The third-order valence-electron chi connectivity index (χ3n) is 6.72. The number of aryl methyl sites for hydroxylation is 2. The van der Waals surface area contributed by atoms with Crippen molar-refractivity contribution in [1.82, 2.24) is 29.5 Å². The largest absolute Gasteiger partial charge is 0.506 e. The molecule has 0 unspecified atom stereocenters. The molecule has 232 valence electrons. The summed E-state index contributed by atoms with van der Waals surface area (Å²) in [5, 5.41) is 19.6. The first-order chi connectivity index (χ1) is 21.8. The molecule has 4 aromatic heterocycles. The van der Waals surface area contributed by atoms with Crippen LogP contribution in [0.3, 0.4) is 0 Å². The van der Waals surface area contributed by atoms with Gasteiger partial charge >= 0.3 is 0 Å². The van der Waals surface area contributed by atoms with E-state index in [0.717, 1.165) is 39.2 Å². The van der Waals surface area contributed by atoms with Gasteiger partial charge in [0.1, 0.15) is 18.1 Å². The van der Waals surface area contributed by atoms with Crippen molar-refractivity contribution in [2.75, 3.05) is 14.2 Å². The SMILES string of the molecule is COc1cc(C=O)c(O)cn1.COc1cc(C=O)c(OCc2cccc3c2cnn3C)cn1.Cn1ncc2c(CCl)cccc21. The molecular formula is C32H31ClN6O6. The molecule has 6 rings (SSSR count). The topological polar surface area (TPSA) is 143 Å². The van der Waals surface area contributed by atoms with Crippen LogP contribution in [0.5, 0.6) is 23.3 Å². The Morgan fingerprint density at radius 1 is 0.778 bits per heavy atom. The minimum atomic E-state index is -0.138. The minimum Gasteiger partial charge on any atom is -0.506 e. The first-order valence-electron chi connectivity index (χ1n) is 13.5. The number of aromatic hydroxyl groups is 1. The van der Waals surface area contributed by atoms with Crippen LogP contribution in [0.1, 0.15) is 31.8 Å². The Labute approximate surface area is 263 Å². The van der Waals surface area contributed by atoms with Crippen LogP contribution < -0.4 is 14.2 Å². The van der Waals surface area contributed by atoms with E-state index in [1.165, 1.54) is 32.7 Å². The zero-order valence-electron chi connectivity index (χ0n) is 25.0. The molecule has 0 radical (unpaired) electrons. The van der Waals surface area contributed by atoms with Crippen molar-refractivity contribution >= 4 is 46.0 Å². The molecule has 12 nitrogen and oxygen atoms in total. The normalized spacial score (nSPS) is 10.3. The van der Waals surface area contributed by atoms with E-state index in [2.05, 4.69) is 20.2 Å². The van der Waals surface area contributed by atoms with Gasteiger partial charge in [0.15, 0.2) is 12.6 Å². The number of benzene rings is 2. The number of aldehydes is 2. The number of alkyl halides is 1. The Kier molecular flexibility index (Phi) is 11.0. The summed E-state index contributed by atoms with van der Waals surface area (Å²) in [5.41, 5.74) is 4.89. The van der Waals surface area contributed by atoms with Gasteiger partial charge in [0.2, 0.25) is 11.8 Å². The lowest BCUT2D eigenvalue weighted by atomic mass is 10.1. The molecule has 0 aliphatic carbocycles. The number of pyridine rings is 2. The number of fused-ring (bicyclic) bond motifs is 2. The number of rotatable bonds is 8. The van der Waals surface area contributed by atoms with Gasteiger partial charge in [-0.1, -0.05) is 24.3 Å². The summed E-state index contributed by atoms with van der Waals surface area (Å²) in [5.74, 6) is 1.52. The number of hydrogen-bond donors (Lipinski definition) is 1. The summed E-state index contributed by atoms with van der Waals surface area (Å²) in [6.45, 7) is 0.331. The summed E-state index contributed by atoms with van der Waals surface area (Å²) < 4.78 is 19.1. The highest BCUT2D eigenvalue weighted by Crippen LogP contribution is 2.24. The lowest BCUT2D eigenvalue weighted by Gasteiger charge is -2.10. The number of halogens is 1. The van der Waals surface area contributed by atoms with Crippen LogP contribution >= 0.6 is 11.6 Å². The fraction of sp³-hybridized carbons (Fsp3) is 0.188. The lowest BCUT2D eigenvalue weighted by molar-refractivity contribution is 0.111. The maximum atomic E-state index is 11.1. The molecule has 0 spiro atoms. The van der Waals surface area contributed by atoms with Crippen molar-refractivity contribution in [1.29, 1.82) is 0 Å². The third kappa shape index (κ3) is 7.73. The van der Waals surface area contributed by atoms with Crippen LogP contribution in [0, 0.1) is 0 Å². The number of ether oxygens (including phenoxy) is 3. The van der Waals surface area contributed by atoms with Crippen LogP contribution in [-0.4, -0.2) is 61.4 Å². The smallest absolute Gasteiger partial charge is 0.213 e. The standard InChI is InChI=1S/C16H15N3O3.C9H9ClN2.C7H7NO3/c1-19-14-5-3-4-11(13(14)7-18-19)10-22-15-8-17-16(21-2)6-12(15)9-20;1-12-9-4-2-3-7(5-10)8(9)6-11-12;1-11-7-2-5(4-9)6(10)3-8-7/h3-9H,10H2,1-2H3;2-4,6H,5H2,1H3;2-4,10H,1H3. The van der Waals surface area contributed by atoms with Crippen molar-refractivity contribution in [3.63, 3.8) is 0 Å². The number of hydrogen-bond acceptors (Lipinski definition) is 10. The maximum absolute atomic E-state index is 11.1. The number of carbonyl (C=O) groups is 2. The molecule has 0 atom stereocenters. The van der Waals surface area contributed by atoms with Gasteiger partial charge in [-0.05, 0) is 17.7 Å². The number of aromatic nitrogens is 6. The van der Waals surface area contributed by atoms with Gasteiger partial charge in [0, 0.05) is 48.4 Å². The molecule has 0 amide bonds. The predicted molar refractivity (Wildman–Crippen MR) is 169 cm³/mol.